The number of amides is 2. The Kier molecular flexibility index (Phi) is 6.74. The zero-order valence-electron chi connectivity index (χ0n) is 15.0. The molecule has 2 amide bonds. The van der Waals surface area contributed by atoms with Crippen LogP contribution in [0, 0.1) is 12.8 Å². The van der Waals surface area contributed by atoms with Crippen LogP contribution in [-0.2, 0) is 11.3 Å². The van der Waals surface area contributed by atoms with E-state index >= 15 is 0 Å². The number of hydrogen-bond acceptors (Lipinski definition) is 3. The molecule has 1 heterocycles. The first-order valence-electron chi connectivity index (χ1n) is 8.58. The van der Waals surface area contributed by atoms with Crippen LogP contribution in [0.25, 0.3) is 0 Å². The Morgan fingerprint density at radius 3 is 2.52 bits per heavy atom. The lowest BCUT2D eigenvalue weighted by molar-refractivity contribution is -0.123. The Bertz CT molecular complexity index is 678. The molecule has 6 nitrogen and oxygen atoms in total. The highest BCUT2D eigenvalue weighted by Crippen LogP contribution is 2.07. The lowest BCUT2D eigenvalue weighted by atomic mass is 10.0. The number of hydrogen-bond donors (Lipinski definition) is 2. The van der Waals surface area contributed by atoms with Crippen LogP contribution < -0.4 is 10.6 Å². The molecule has 134 valence electrons. The van der Waals surface area contributed by atoms with Crippen LogP contribution in [0.4, 0.5) is 0 Å². The fourth-order valence-electron chi connectivity index (χ4n) is 2.47. The van der Waals surface area contributed by atoms with E-state index in [1.807, 2.05) is 43.7 Å². The van der Waals surface area contributed by atoms with Crippen molar-refractivity contribution in [2.24, 2.45) is 5.92 Å². The summed E-state index contributed by atoms with van der Waals surface area (Å²) in [5.74, 6) is -0.378. The molecule has 0 aliphatic carbocycles. The number of nitrogens with zero attached hydrogens (tertiary/aromatic N) is 2. The van der Waals surface area contributed by atoms with Gasteiger partial charge in [0.15, 0.2) is 0 Å². The molecule has 0 aliphatic rings. The number of rotatable bonds is 8. The Hall–Kier alpha value is -2.63. The molecular formula is C19H26N4O2. The van der Waals surface area contributed by atoms with Crippen LogP contribution in [0.2, 0.25) is 0 Å². The SMILES string of the molecule is Cc1ccc(C(=O)NC(C(=O)NCCCn2ccnc2)C(C)C)cc1. The van der Waals surface area contributed by atoms with Crippen molar-refractivity contribution in [2.45, 2.75) is 39.8 Å². The number of aromatic nitrogens is 2. The molecule has 0 saturated carbocycles. The molecule has 0 fully saturated rings. The summed E-state index contributed by atoms with van der Waals surface area (Å²) in [5.41, 5.74) is 1.65. The smallest absolute Gasteiger partial charge is 0.251 e. The Balaban J connectivity index is 1.84. The molecule has 0 bridgehead atoms. The van der Waals surface area contributed by atoms with Crippen LogP contribution in [0.1, 0.15) is 36.2 Å². The maximum absolute atomic E-state index is 12.4. The number of benzene rings is 1. The molecule has 0 spiro atoms. The second-order valence-electron chi connectivity index (χ2n) is 6.51. The first-order chi connectivity index (χ1) is 12.0. The maximum Gasteiger partial charge on any atom is 0.251 e. The van der Waals surface area contributed by atoms with Gasteiger partial charge in [-0.2, -0.15) is 0 Å². The van der Waals surface area contributed by atoms with Gasteiger partial charge < -0.3 is 15.2 Å². The minimum absolute atomic E-state index is 0.00282. The summed E-state index contributed by atoms with van der Waals surface area (Å²) in [4.78, 5) is 28.8. The lowest BCUT2D eigenvalue weighted by Gasteiger charge is -2.22. The standard InChI is InChI=1S/C19H26N4O2/c1-14(2)17(22-18(24)16-7-5-15(3)6-8-16)19(25)21-9-4-11-23-12-10-20-13-23/h5-8,10,12-14,17H,4,9,11H2,1-3H3,(H,21,25)(H,22,24). The molecular weight excluding hydrogens is 316 g/mol. The molecule has 2 N–H and O–H groups in total. The first-order valence-corrected chi connectivity index (χ1v) is 8.58. The zero-order chi connectivity index (χ0) is 18.2. The van der Waals surface area contributed by atoms with Crippen LogP contribution in [0.5, 0.6) is 0 Å². The highest BCUT2D eigenvalue weighted by atomic mass is 16.2. The van der Waals surface area contributed by atoms with Gasteiger partial charge in [0.2, 0.25) is 5.91 Å². The molecule has 0 aliphatic heterocycles. The molecule has 2 aromatic rings. The van der Waals surface area contributed by atoms with Crippen molar-refractivity contribution in [1.82, 2.24) is 20.2 Å². The van der Waals surface area contributed by atoms with Gasteiger partial charge in [0.05, 0.1) is 6.33 Å². The number of aryl methyl sites for hydroxylation is 2. The lowest BCUT2D eigenvalue weighted by Crippen LogP contribution is -2.49. The number of carbonyl (C=O) groups excluding carboxylic acids is 2. The maximum atomic E-state index is 12.4. The van der Waals surface area contributed by atoms with E-state index in [1.54, 1.807) is 24.7 Å². The van der Waals surface area contributed by atoms with Crippen LogP contribution in [-0.4, -0.2) is 34.0 Å². The Morgan fingerprint density at radius 1 is 1.20 bits per heavy atom. The molecule has 2 rings (SSSR count). The first kappa shape index (κ1) is 18.7. The molecule has 1 aromatic heterocycles. The van der Waals surface area contributed by atoms with Gasteiger partial charge in [0.25, 0.3) is 5.91 Å². The molecule has 0 radical (unpaired) electrons. The van der Waals surface area contributed by atoms with E-state index in [4.69, 9.17) is 0 Å². The number of nitrogens with one attached hydrogen (secondary N) is 2. The fraction of sp³-hybridized carbons (Fsp3) is 0.421. The summed E-state index contributed by atoms with van der Waals surface area (Å²) in [6, 6.07) is 6.75. The van der Waals surface area contributed by atoms with Crippen LogP contribution >= 0.6 is 0 Å². The monoisotopic (exact) mass is 342 g/mol. The zero-order valence-corrected chi connectivity index (χ0v) is 15.0. The van der Waals surface area contributed by atoms with E-state index in [0.717, 1.165) is 18.5 Å². The van der Waals surface area contributed by atoms with Crippen molar-refractivity contribution < 1.29 is 9.59 Å². The molecule has 0 saturated heterocycles. The number of carbonyl (C=O) groups is 2. The minimum atomic E-state index is -0.554. The van der Waals surface area contributed by atoms with E-state index in [9.17, 15) is 9.59 Å². The summed E-state index contributed by atoms with van der Waals surface area (Å²) in [6.45, 7) is 7.16. The van der Waals surface area contributed by atoms with Gasteiger partial charge in [-0.15, -0.1) is 0 Å². The van der Waals surface area contributed by atoms with Crippen LogP contribution in [0.15, 0.2) is 43.0 Å². The highest BCUT2D eigenvalue weighted by Gasteiger charge is 2.24. The highest BCUT2D eigenvalue weighted by molar-refractivity contribution is 5.97. The molecule has 1 aromatic carbocycles. The summed E-state index contributed by atoms with van der Waals surface area (Å²) >= 11 is 0. The average molecular weight is 342 g/mol. The van der Waals surface area contributed by atoms with E-state index in [-0.39, 0.29) is 17.7 Å². The van der Waals surface area contributed by atoms with Crippen molar-refractivity contribution in [3.05, 3.63) is 54.1 Å². The minimum Gasteiger partial charge on any atom is -0.354 e. The van der Waals surface area contributed by atoms with Gasteiger partial charge >= 0.3 is 0 Å². The van der Waals surface area contributed by atoms with Gasteiger partial charge in [-0.3, -0.25) is 9.59 Å². The van der Waals surface area contributed by atoms with Crippen molar-refractivity contribution in [2.75, 3.05) is 6.54 Å². The topological polar surface area (TPSA) is 76.0 Å². The molecule has 25 heavy (non-hydrogen) atoms. The van der Waals surface area contributed by atoms with Crippen molar-refractivity contribution in [3.63, 3.8) is 0 Å². The molecule has 1 atom stereocenters. The summed E-state index contributed by atoms with van der Waals surface area (Å²) in [5, 5.41) is 5.75. The van der Waals surface area contributed by atoms with Gasteiger partial charge in [-0.1, -0.05) is 31.5 Å². The average Bonchev–Trinajstić information content (AvgIpc) is 3.10. The quantitative estimate of drug-likeness (QED) is 0.722. The third-order valence-electron chi connectivity index (χ3n) is 4.00. The van der Waals surface area contributed by atoms with Gasteiger partial charge in [0.1, 0.15) is 6.04 Å². The summed E-state index contributed by atoms with van der Waals surface area (Å²) in [6.07, 6.45) is 6.17. The second kappa shape index (κ2) is 9.01. The Morgan fingerprint density at radius 2 is 1.92 bits per heavy atom. The predicted octanol–water partition coefficient (Wildman–Crippen LogP) is 2.15. The van der Waals surface area contributed by atoms with E-state index in [2.05, 4.69) is 15.6 Å². The van der Waals surface area contributed by atoms with E-state index in [1.165, 1.54) is 0 Å². The van der Waals surface area contributed by atoms with E-state index in [0.29, 0.717) is 12.1 Å². The fourth-order valence-corrected chi connectivity index (χ4v) is 2.47. The Labute approximate surface area is 148 Å². The van der Waals surface area contributed by atoms with Crippen molar-refractivity contribution in [3.8, 4) is 0 Å². The third-order valence-corrected chi connectivity index (χ3v) is 4.00. The normalized spacial score (nSPS) is 12.0. The summed E-state index contributed by atoms with van der Waals surface area (Å²) in [7, 11) is 0. The third kappa shape index (κ3) is 5.74. The predicted molar refractivity (Wildman–Crippen MR) is 97.1 cm³/mol. The number of imidazole rings is 1. The molecule has 1 unspecified atom stereocenters. The van der Waals surface area contributed by atoms with Gasteiger partial charge in [0, 0.05) is 31.0 Å². The van der Waals surface area contributed by atoms with Crippen molar-refractivity contribution >= 4 is 11.8 Å². The van der Waals surface area contributed by atoms with Gasteiger partial charge in [-0.05, 0) is 31.4 Å². The van der Waals surface area contributed by atoms with Gasteiger partial charge in [-0.25, -0.2) is 4.98 Å². The molecule has 6 heteroatoms. The summed E-state index contributed by atoms with van der Waals surface area (Å²) < 4.78 is 1.96. The second-order valence-corrected chi connectivity index (χ2v) is 6.51. The largest absolute Gasteiger partial charge is 0.354 e. The van der Waals surface area contributed by atoms with Crippen molar-refractivity contribution in [1.29, 1.82) is 0 Å². The van der Waals surface area contributed by atoms with Crippen LogP contribution in [0.3, 0.4) is 0 Å². The van der Waals surface area contributed by atoms with E-state index < -0.39 is 6.04 Å².